The van der Waals surface area contributed by atoms with E-state index in [1.807, 2.05) is 25.5 Å². The third kappa shape index (κ3) is 6.23. The SMILES string of the molecule is CNC(CC(C)(C)C)C(=O)NS(=O)(=O)C1CCC(C(F)(F)F)CC1. The largest absolute Gasteiger partial charge is 0.391 e. The molecule has 0 aliphatic heterocycles. The number of alkyl halides is 3. The zero-order chi connectivity index (χ0) is 18.8. The van der Waals surface area contributed by atoms with Gasteiger partial charge in [-0.25, -0.2) is 8.42 Å². The highest BCUT2D eigenvalue weighted by Crippen LogP contribution is 2.39. The van der Waals surface area contributed by atoms with E-state index in [1.54, 1.807) is 7.05 Å². The predicted octanol–water partition coefficient (Wildman–Crippen LogP) is 2.58. The van der Waals surface area contributed by atoms with Gasteiger partial charge in [-0.05, 0) is 44.6 Å². The highest BCUT2D eigenvalue weighted by molar-refractivity contribution is 7.90. The lowest BCUT2D eigenvalue weighted by Crippen LogP contribution is -2.49. The Morgan fingerprint density at radius 1 is 1.12 bits per heavy atom. The van der Waals surface area contributed by atoms with E-state index in [2.05, 4.69) is 5.32 Å². The summed E-state index contributed by atoms with van der Waals surface area (Å²) in [6.45, 7) is 5.78. The standard InChI is InChI=1S/C15H27F3N2O3S/c1-14(2,3)9-12(19-4)13(21)20-24(22,23)11-7-5-10(6-8-11)15(16,17)18/h10-12,19H,5-9H2,1-4H3,(H,20,21). The number of rotatable bonds is 5. The zero-order valence-corrected chi connectivity index (χ0v) is 15.4. The highest BCUT2D eigenvalue weighted by Gasteiger charge is 2.44. The number of hydrogen-bond donors (Lipinski definition) is 2. The fourth-order valence-electron chi connectivity index (χ4n) is 2.93. The number of carbonyl (C=O) groups excluding carboxylic acids is 1. The van der Waals surface area contributed by atoms with Crippen molar-refractivity contribution >= 4 is 15.9 Å². The Labute approximate surface area is 141 Å². The van der Waals surface area contributed by atoms with Gasteiger partial charge >= 0.3 is 6.18 Å². The smallest absolute Gasteiger partial charge is 0.309 e. The third-order valence-corrected chi connectivity index (χ3v) is 6.14. The number of likely N-dealkylation sites (N-methyl/N-ethyl adjacent to an activating group) is 1. The van der Waals surface area contributed by atoms with Gasteiger partial charge in [0.2, 0.25) is 10.0 Å². The number of sulfonamides is 1. The third-order valence-electron chi connectivity index (χ3n) is 4.30. The molecule has 0 aromatic carbocycles. The van der Waals surface area contributed by atoms with Gasteiger partial charge in [-0.15, -0.1) is 0 Å². The first-order chi connectivity index (χ1) is 10.8. The number of nitrogens with one attached hydrogen (secondary N) is 2. The molecule has 0 aromatic heterocycles. The van der Waals surface area contributed by atoms with Crippen molar-refractivity contribution in [2.45, 2.75) is 70.3 Å². The fraction of sp³-hybridized carbons (Fsp3) is 0.933. The normalized spacial score (nSPS) is 24.5. The van der Waals surface area contributed by atoms with Crippen LogP contribution >= 0.6 is 0 Å². The van der Waals surface area contributed by atoms with Crippen molar-refractivity contribution in [1.82, 2.24) is 10.0 Å². The lowest BCUT2D eigenvalue weighted by Gasteiger charge is -2.30. The van der Waals surface area contributed by atoms with Crippen LogP contribution < -0.4 is 10.0 Å². The van der Waals surface area contributed by atoms with Gasteiger partial charge in [-0.1, -0.05) is 20.8 Å². The number of halogens is 3. The first-order valence-corrected chi connectivity index (χ1v) is 9.60. The second-order valence-electron chi connectivity index (χ2n) is 7.63. The van der Waals surface area contributed by atoms with Gasteiger partial charge in [0, 0.05) is 0 Å². The summed E-state index contributed by atoms with van der Waals surface area (Å²) in [4.78, 5) is 12.2. The Morgan fingerprint density at radius 3 is 2.00 bits per heavy atom. The van der Waals surface area contributed by atoms with E-state index < -0.39 is 39.3 Å². The Hall–Kier alpha value is -0.830. The van der Waals surface area contributed by atoms with Crippen LogP contribution in [0.4, 0.5) is 13.2 Å². The van der Waals surface area contributed by atoms with Crippen molar-refractivity contribution in [3.05, 3.63) is 0 Å². The molecule has 2 N–H and O–H groups in total. The molecule has 0 aromatic rings. The van der Waals surface area contributed by atoms with E-state index in [1.165, 1.54) is 0 Å². The minimum absolute atomic E-state index is 0.0870. The van der Waals surface area contributed by atoms with Gasteiger partial charge < -0.3 is 5.32 Å². The highest BCUT2D eigenvalue weighted by atomic mass is 32.2. The van der Waals surface area contributed by atoms with Crippen LogP contribution in [-0.4, -0.2) is 38.8 Å². The van der Waals surface area contributed by atoms with Gasteiger partial charge in [0.1, 0.15) is 0 Å². The summed E-state index contributed by atoms with van der Waals surface area (Å²) in [7, 11) is -2.40. The van der Waals surface area contributed by atoms with Crippen LogP contribution in [0.15, 0.2) is 0 Å². The van der Waals surface area contributed by atoms with Crippen LogP contribution in [0.1, 0.15) is 52.9 Å². The molecule has 1 amide bonds. The molecular formula is C15H27F3N2O3S. The van der Waals surface area contributed by atoms with E-state index in [9.17, 15) is 26.4 Å². The topological polar surface area (TPSA) is 75.3 Å². The summed E-state index contributed by atoms with van der Waals surface area (Å²) in [6, 6.07) is -0.675. The van der Waals surface area contributed by atoms with Gasteiger partial charge in [0.15, 0.2) is 0 Å². The first kappa shape index (κ1) is 21.2. The van der Waals surface area contributed by atoms with Gasteiger partial charge in [-0.3, -0.25) is 9.52 Å². The Balaban J connectivity index is 2.68. The molecule has 9 heteroatoms. The summed E-state index contributed by atoms with van der Waals surface area (Å²) in [5.74, 6) is -2.11. The predicted molar refractivity (Wildman–Crippen MR) is 85.8 cm³/mol. The maximum Gasteiger partial charge on any atom is 0.391 e. The Bertz CT molecular complexity index is 533. The van der Waals surface area contributed by atoms with E-state index in [4.69, 9.17) is 0 Å². The summed E-state index contributed by atoms with van der Waals surface area (Å²) in [6.07, 6.45) is -4.47. The Kier molecular flexibility index (Phi) is 6.71. The van der Waals surface area contributed by atoms with Crippen LogP contribution in [0, 0.1) is 11.3 Å². The van der Waals surface area contributed by atoms with E-state index >= 15 is 0 Å². The van der Waals surface area contributed by atoms with Gasteiger partial charge in [0.25, 0.3) is 5.91 Å². The van der Waals surface area contributed by atoms with Gasteiger partial charge in [-0.2, -0.15) is 13.2 Å². The second kappa shape index (κ2) is 7.59. The molecule has 0 radical (unpaired) electrons. The molecule has 24 heavy (non-hydrogen) atoms. The minimum atomic E-state index is -4.29. The van der Waals surface area contributed by atoms with Crippen LogP contribution in [0.5, 0.6) is 0 Å². The van der Waals surface area contributed by atoms with Crippen molar-refractivity contribution in [2.24, 2.45) is 11.3 Å². The van der Waals surface area contributed by atoms with Crippen molar-refractivity contribution in [3.63, 3.8) is 0 Å². The molecule has 0 heterocycles. The summed E-state index contributed by atoms with van der Waals surface area (Å²) >= 11 is 0. The lowest BCUT2D eigenvalue weighted by atomic mass is 9.88. The van der Waals surface area contributed by atoms with Crippen LogP contribution in [0.25, 0.3) is 0 Å². The first-order valence-electron chi connectivity index (χ1n) is 8.06. The van der Waals surface area contributed by atoms with Gasteiger partial charge in [0.05, 0.1) is 17.2 Å². The monoisotopic (exact) mass is 372 g/mol. The van der Waals surface area contributed by atoms with Crippen molar-refractivity contribution in [1.29, 1.82) is 0 Å². The minimum Gasteiger partial charge on any atom is -0.309 e. The molecular weight excluding hydrogens is 345 g/mol. The van der Waals surface area contributed by atoms with Crippen LogP contribution in [-0.2, 0) is 14.8 Å². The average molecular weight is 372 g/mol. The molecule has 0 spiro atoms. The molecule has 1 rings (SSSR count). The maximum absolute atomic E-state index is 12.7. The maximum atomic E-state index is 12.7. The van der Waals surface area contributed by atoms with Crippen molar-refractivity contribution < 1.29 is 26.4 Å². The molecule has 1 atom stereocenters. The van der Waals surface area contributed by atoms with E-state index in [-0.39, 0.29) is 31.1 Å². The van der Waals surface area contributed by atoms with Crippen LogP contribution in [0.3, 0.4) is 0 Å². The molecule has 0 bridgehead atoms. The van der Waals surface area contributed by atoms with E-state index in [0.717, 1.165) is 0 Å². The van der Waals surface area contributed by atoms with Crippen LogP contribution in [0.2, 0.25) is 0 Å². The lowest BCUT2D eigenvalue weighted by molar-refractivity contribution is -0.181. The van der Waals surface area contributed by atoms with Crippen molar-refractivity contribution in [3.8, 4) is 0 Å². The van der Waals surface area contributed by atoms with Crippen molar-refractivity contribution in [2.75, 3.05) is 7.05 Å². The number of amides is 1. The fourth-order valence-corrected chi connectivity index (χ4v) is 4.42. The molecule has 1 saturated carbocycles. The average Bonchev–Trinajstić information content (AvgIpc) is 2.42. The number of carbonyl (C=O) groups is 1. The quantitative estimate of drug-likeness (QED) is 0.778. The second-order valence-corrected chi connectivity index (χ2v) is 9.59. The summed E-state index contributed by atoms with van der Waals surface area (Å²) < 4.78 is 64.6. The zero-order valence-electron chi connectivity index (χ0n) is 14.5. The molecule has 1 aliphatic rings. The molecule has 1 fully saturated rings. The molecule has 142 valence electrons. The summed E-state index contributed by atoms with van der Waals surface area (Å²) in [5, 5.41) is 1.83. The molecule has 1 aliphatic carbocycles. The molecule has 0 saturated heterocycles. The Morgan fingerprint density at radius 2 is 1.62 bits per heavy atom. The molecule has 1 unspecified atom stereocenters. The number of hydrogen-bond acceptors (Lipinski definition) is 4. The molecule has 5 nitrogen and oxygen atoms in total. The summed E-state index contributed by atoms with van der Waals surface area (Å²) in [5.41, 5.74) is -0.181. The van der Waals surface area contributed by atoms with E-state index in [0.29, 0.717) is 6.42 Å².